The van der Waals surface area contributed by atoms with Gasteiger partial charge >= 0.3 is 0 Å². The van der Waals surface area contributed by atoms with Gasteiger partial charge in [-0.25, -0.2) is 4.68 Å². The number of tetrazole rings is 1. The first-order chi connectivity index (χ1) is 12.6. The average Bonchev–Trinajstić information content (AvgIpc) is 3.17. The van der Waals surface area contributed by atoms with Gasteiger partial charge in [0.25, 0.3) is 0 Å². The lowest BCUT2D eigenvalue weighted by molar-refractivity contribution is -0.121. The third-order valence-electron chi connectivity index (χ3n) is 3.91. The van der Waals surface area contributed by atoms with Crippen LogP contribution < -0.4 is 5.32 Å². The van der Waals surface area contributed by atoms with Crippen molar-refractivity contribution >= 4 is 11.7 Å². The monoisotopic (exact) mass is 349 g/mol. The molecule has 0 spiro atoms. The highest BCUT2D eigenvalue weighted by Gasteiger charge is 2.13. The molecule has 7 nitrogen and oxygen atoms in total. The van der Waals surface area contributed by atoms with Crippen molar-refractivity contribution < 1.29 is 9.59 Å². The third-order valence-corrected chi connectivity index (χ3v) is 3.91. The standard InChI is InChI=1S/C19H19N5O2/c1-14(11-18(25)16-5-3-2-4-6-16)21-19(26)12-15-7-9-17(10-8-15)24-13-20-22-23-24/h2-10,13-14H,11-12H2,1H3,(H,21,26)/t14-/m0/s1. The maximum Gasteiger partial charge on any atom is 0.224 e. The van der Waals surface area contributed by atoms with Crippen LogP contribution in [0.4, 0.5) is 0 Å². The molecule has 0 saturated carbocycles. The predicted octanol–water partition coefficient (Wildman–Crippen LogP) is 1.98. The number of rotatable bonds is 7. The first-order valence-electron chi connectivity index (χ1n) is 8.32. The molecular weight excluding hydrogens is 330 g/mol. The van der Waals surface area contributed by atoms with E-state index in [-0.39, 0.29) is 30.6 Å². The van der Waals surface area contributed by atoms with E-state index in [9.17, 15) is 9.59 Å². The molecule has 3 aromatic rings. The summed E-state index contributed by atoms with van der Waals surface area (Å²) >= 11 is 0. The van der Waals surface area contributed by atoms with Crippen LogP contribution in [0.3, 0.4) is 0 Å². The van der Waals surface area contributed by atoms with E-state index in [1.54, 1.807) is 16.8 Å². The lowest BCUT2D eigenvalue weighted by atomic mass is 10.0. The molecule has 0 fully saturated rings. The van der Waals surface area contributed by atoms with Crippen LogP contribution in [0.15, 0.2) is 60.9 Å². The molecule has 3 rings (SSSR count). The Labute approximate surface area is 151 Å². The van der Waals surface area contributed by atoms with Crippen LogP contribution in [0, 0.1) is 0 Å². The molecule has 0 bridgehead atoms. The minimum absolute atomic E-state index is 0.0178. The summed E-state index contributed by atoms with van der Waals surface area (Å²) in [7, 11) is 0. The molecule has 1 amide bonds. The molecule has 7 heteroatoms. The quantitative estimate of drug-likeness (QED) is 0.659. The molecule has 1 aromatic heterocycles. The van der Waals surface area contributed by atoms with Crippen LogP contribution >= 0.6 is 0 Å². The lowest BCUT2D eigenvalue weighted by Gasteiger charge is -2.13. The molecule has 0 unspecified atom stereocenters. The number of nitrogens with zero attached hydrogens (tertiary/aromatic N) is 4. The largest absolute Gasteiger partial charge is 0.353 e. The van der Waals surface area contributed by atoms with E-state index in [4.69, 9.17) is 0 Å². The lowest BCUT2D eigenvalue weighted by Crippen LogP contribution is -2.35. The van der Waals surface area contributed by atoms with E-state index < -0.39 is 0 Å². The molecule has 0 aliphatic heterocycles. The Bertz CT molecular complexity index is 861. The normalized spacial score (nSPS) is 11.7. The summed E-state index contributed by atoms with van der Waals surface area (Å²) in [5.74, 6) is -0.0993. The van der Waals surface area contributed by atoms with Gasteiger partial charge in [-0.2, -0.15) is 0 Å². The second-order valence-corrected chi connectivity index (χ2v) is 6.06. The van der Waals surface area contributed by atoms with E-state index in [1.807, 2.05) is 49.4 Å². The van der Waals surface area contributed by atoms with Gasteiger partial charge in [-0.05, 0) is 35.0 Å². The van der Waals surface area contributed by atoms with Crippen molar-refractivity contribution in [1.82, 2.24) is 25.5 Å². The van der Waals surface area contributed by atoms with Crippen LogP contribution in [0.25, 0.3) is 5.69 Å². The number of carbonyl (C=O) groups excluding carboxylic acids is 2. The van der Waals surface area contributed by atoms with Crippen LogP contribution in [0.1, 0.15) is 29.3 Å². The van der Waals surface area contributed by atoms with Crippen molar-refractivity contribution in [2.75, 3.05) is 0 Å². The average molecular weight is 349 g/mol. The summed E-state index contributed by atoms with van der Waals surface area (Å²) in [6.07, 6.45) is 2.03. The van der Waals surface area contributed by atoms with Crippen molar-refractivity contribution in [1.29, 1.82) is 0 Å². The number of benzene rings is 2. The predicted molar refractivity (Wildman–Crippen MR) is 95.9 cm³/mol. The Hall–Kier alpha value is -3.35. The molecule has 0 radical (unpaired) electrons. The Balaban J connectivity index is 1.51. The van der Waals surface area contributed by atoms with Crippen LogP contribution in [0.2, 0.25) is 0 Å². The van der Waals surface area contributed by atoms with E-state index >= 15 is 0 Å². The highest BCUT2D eigenvalue weighted by Crippen LogP contribution is 2.09. The molecule has 1 heterocycles. The van der Waals surface area contributed by atoms with Gasteiger partial charge in [0, 0.05) is 18.0 Å². The van der Waals surface area contributed by atoms with Gasteiger partial charge < -0.3 is 5.32 Å². The summed E-state index contributed by atoms with van der Waals surface area (Å²) in [5, 5.41) is 13.9. The van der Waals surface area contributed by atoms with Crippen molar-refractivity contribution in [2.24, 2.45) is 0 Å². The Morgan fingerprint density at radius 3 is 2.46 bits per heavy atom. The first-order valence-corrected chi connectivity index (χ1v) is 8.32. The molecule has 1 atom stereocenters. The fourth-order valence-corrected chi connectivity index (χ4v) is 2.63. The Morgan fingerprint density at radius 1 is 1.08 bits per heavy atom. The number of ketones is 1. The minimum Gasteiger partial charge on any atom is -0.353 e. The summed E-state index contributed by atoms with van der Waals surface area (Å²) in [6, 6.07) is 16.3. The number of Topliss-reactive ketones (excluding diaryl/α,β-unsaturated/α-hetero) is 1. The molecule has 1 N–H and O–H groups in total. The highest BCUT2D eigenvalue weighted by atomic mass is 16.1. The van der Waals surface area contributed by atoms with E-state index in [0.717, 1.165) is 11.3 Å². The number of nitrogens with one attached hydrogen (secondary N) is 1. The molecular formula is C19H19N5O2. The maximum absolute atomic E-state index is 12.2. The number of hydrogen-bond acceptors (Lipinski definition) is 5. The Kier molecular flexibility index (Phi) is 5.48. The van der Waals surface area contributed by atoms with Gasteiger partial charge in [0.1, 0.15) is 6.33 Å². The molecule has 26 heavy (non-hydrogen) atoms. The van der Waals surface area contributed by atoms with Gasteiger partial charge in [-0.1, -0.05) is 42.5 Å². The third kappa shape index (κ3) is 4.60. The second-order valence-electron chi connectivity index (χ2n) is 6.06. The molecule has 0 aliphatic carbocycles. The van der Waals surface area contributed by atoms with Gasteiger partial charge in [0.15, 0.2) is 5.78 Å². The van der Waals surface area contributed by atoms with Crippen molar-refractivity contribution in [3.05, 3.63) is 72.1 Å². The second kappa shape index (κ2) is 8.15. The first kappa shape index (κ1) is 17.5. The molecule has 132 valence electrons. The van der Waals surface area contributed by atoms with Crippen molar-refractivity contribution in [3.63, 3.8) is 0 Å². The summed E-state index contributed by atoms with van der Waals surface area (Å²) in [4.78, 5) is 24.4. The van der Waals surface area contributed by atoms with Crippen molar-refractivity contribution in [3.8, 4) is 5.69 Å². The zero-order valence-corrected chi connectivity index (χ0v) is 14.4. The topological polar surface area (TPSA) is 89.8 Å². The molecule has 0 saturated heterocycles. The van der Waals surface area contributed by atoms with Crippen LogP contribution in [-0.2, 0) is 11.2 Å². The van der Waals surface area contributed by atoms with E-state index in [2.05, 4.69) is 20.8 Å². The van der Waals surface area contributed by atoms with Crippen LogP contribution in [-0.4, -0.2) is 37.9 Å². The fourth-order valence-electron chi connectivity index (χ4n) is 2.63. The highest BCUT2D eigenvalue weighted by molar-refractivity contribution is 5.96. The van der Waals surface area contributed by atoms with Crippen molar-refractivity contribution in [2.45, 2.75) is 25.8 Å². The maximum atomic E-state index is 12.2. The minimum atomic E-state index is -0.226. The van der Waals surface area contributed by atoms with Crippen LogP contribution in [0.5, 0.6) is 0 Å². The summed E-state index contributed by atoms with van der Waals surface area (Å²) in [6.45, 7) is 1.83. The van der Waals surface area contributed by atoms with E-state index in [1.165, 1.54) is 6.33 Å². The summed E-state index contributed by atoms with van der Waals surface area (Å²) < 4.78 is 1.54. The smallest absolute Gasteiger partial charge is 0.224 e. The number of amides is 1. The van der Waals surface area contributed by atoms with Gasteiger partial charge in [-0.3, -0.25) is 9.59 Å². The molecule has 2 aromatic carbocycles. The zero-order valence-electron chi connectivity index (χ0n) is 14.4. The molecule has 0 aliphatic rings. The zero-order chi connectivity index (χ0) is 18.4. The van der Waals surface area contributed by atoms with Gasteiger partial charge in [0.2, 0.25) is 5.91 Å². The van der Waals surface area contributed by atoms with E-state index in [0.29, 0.717) is 5.56 Å². The van der Waals surface area contributed by atoms with Gasteiger partial charge in [0.05, 0.1) is 12.1 Å². The number of aromatic nitrogens is 4. The SMILES string of the molecule is C[C@@H](CC(=O)c1ccccc1)NC(=O)Cc1ccc(-n2cnnn2)cc1. The fraction of sp³-hybridized carbons (Fsp3) is 0.211. The Morgan fingerprint density at radius 2 is 1.81 bits per heavy atom. The summed E-state index contributed by atoms with van der Waals surface area (Å²) in [5.41, 5.74) is 2.36. The van der Waals surface area contributed by atoms with Gasteiger partial charge in [-0.15, -0.1) is 5.10 Å². The number of hydrogen-bond donors (Lipinski definition) is 1. The number of carbonyl (C=O) groups is 2.